The van der Waals surface area contributed by atoms with E-state index in [0.29, 0.717) is 18.1 Å². The van der Waals surface area contributed by atoms with Crippen molar-refractivity contribution in [2.24, 2.45) is 10.9 Å². The fourth-order valence-corrected chi connectivity index (χ4v) is 4.80. The third kappa shape index (κ3) is 14.6. The van der Waals surface area contributed by atoms with E-state index in [1.807, 2.05) is 85.2 Å². The molecule has 4 rings (SSSR count). The van der Waals surface area contributed by atoms with Gasteiger partial charge < -0.3 is 25.2 Å². The minimum atomic E-state index is -0.231. The van der Waals surface area contributed by atoms with E-state index >= 15 is 0 Å². The highest BCUT2D eigenvalue weighted by molar-refractivity contribution is 6.30. The summed E-state index contributed by atoms with van der Waals surface area (Å²) in [4.78, 5) is 20.4. The normalized spacial score (nSPS) is 16.6. The van der Waals surface area contributed by atoms with Crippen molar-refractivity contribution in [3.05, 3.63) is 83.2 Å². The summed E-state index contributed by atoms with van der Waals surface area (Å²) in [6, 6.07) is 6.05. The molecule has 1 atom stereocenters. The van der Waals surface area contributed by atoms with Crippen LogP contribution in [0.4, 0.5) is 4.79 Å². The van der Waals surface area contributed by atoms with Crippen molar-refractivity contribution < 1.29 is 9.53 Å². The minimum absolute atomic E-state index is 0.0553. The molecule has 1 aromatic carbocycles. The lowest BCUT2D eigenvalue weighted by atomic mass is 9.87. The van der Waals surface area contributed by atoms with Gasteiger partial charge in [0.25, 0.3) is 0 Å². The van der Waals surface area contributed by atoms with Crippen LogP contribution in [0.2, 0.25) is 5.02 Å². The second-order valence-electron chi connectivity index (χ2n) is 11.6. The van der Waals surface area contributed by atoms with E-state index in [9.17, 15) is 4.79 Å². The standard InChI is InChI=1S/C28H37ClN4O2.C4H8.C3H7N.C2H6/c1-19(2)35-28(34)33-13-10-21(11-14-33)24-15-20(3)16-26(25-17-22(29)7-8-23(24)25)27(30-4)9-12-31-18-32(5)6;1-4-2-3-4;1-3-4-2;1-2/h7-9,12,16-19,27,30H,3,10-11,13-15H2,1-2,4-6H3;4H,2-3H2,1H3;3-4H,1H2,2H3;1-2H3/b12-9+,31-18?;;;. The van der Waals surface area contributed by atoms with Crippen molar-refractivity contribution >= 4 is 35.2 Å². The lowest BCUT2D eigenvalue weighted by Gasteiger charge is -2.30. The molecule has 3 aliphatic rings. The molecule has 8 heteroatoms. The highest BCUT2D eigenvalue weighted by atomic mass is 35.5. The SMILES string of the molecule is C=C1C=C(C(/C=C/N=CN(C)C)NC)c2cc(Cl)ccc2C(=C2CCN(C(=O)OC(C)C)CC2)C1.C=CNC.CC.CC1CC1. The number of halogens is 1. The van der Waals surface area contributed by atoms with Gasteiger partial charge in [-0.3, -0.25) is 0 Å². The van der Waals surface area contributed by atoms with Crippen molar-refractivity contribution in [1.82, 2.24) is 20.4 Å². The third-order valence-corrected chi connectivity index (χ3v) is 7.38. The summed E-state index contributed by atoms with van der Waals surface area (Å²) >= 11 is 6.48. The second-order valence-corrected chi connectivity index (χ2v) is 12.1. The number of likely N-dealkylation sites (N-methyl/N-ethyl adjacent to an activating group) is 1. The Morgan fingerprint density at radius 2 is 1.76 bits per heavy atom. The summed E-state index contributed by atoms with van der Waals surface area (Å²) in [6.45, 7) is 19.1. The maximum absolute atomic E-state index is 12.4. The molecule has 2 N–H and O–H groups in total. The lowest BCUT2D eigenvalue weighted by molar-refractivity contribution is 0.0746. The topological polar surface area (TPSA) is 69.2 Å². The molecule has 7 nitrogen and oxygen atoms in total. The molecule has 0 aromatic heterocycles. The van der Waals surface area contributed by atoms with Crippen LogP contribution in [0, 0.1) is 5.92 Å². The van der Waals surface area contributed by atoms with Crippen molar-refractivity contribution in [2.75, 3.05) is 41.3 Å². The number of carbonyl (C=O) groups is 1. The Bertz CT molecular complexity index is 1200. The summed E-state index contributed by atoms with van der Waals surface area (Å²) in [6.07, 6.45) is 14.4. The zero-order chi connectivity index (χ0) is 33.9. The van der Waals surface area contributed by atoms with Crippen LogP contribution in [0.15, 0.2) is 72.0 Å². The number of likely N-dealkylation sites (tertiary alicyclic amines) is 1. The van der Waals surface area contributed by atoms with Crippen LogP contribution in [0.1, 0.15) is 77.8 Å². The Hall–Kier alpha value is -3.29. The Morgan fingerprint density at radius 3 is 2.24 bits per heavy atom. The number of hydrogen-bond acceptors (Lipinski definition) is 5. The van der Waals surface area contributed by atoms with E-state index in [-0.39, 0.29) is 18.2 Å². The van der Waals surface area contributed by atoms with Gasteiger partial charge in [-0.05, 0) is 92.8 Å². The Kier molecular flexibility index (Phi) is 18.9. The van der Waals surface area contributed by atoms with Gasteiger partial charge in [0, 0.05) is 45.5 Å². The van der Waals surface area contributed by atoms with Gasteiger partial charge in [0.1, 0.15) is 0 Å². The van der Waals surface area contributed by atoms with Crippen molar-refractivity contribution in [1.29, 1.82) is 0 Å². The zero-order valence-electron chi connectivity index (χ0n) is 29.3. The van der Waals surface area contributed by atoms with Crippen LogP contribution in [0.5, 0.6) is 0 Å². The number of hydrogen-bond donors (Lipinski definition) is 2. The number of amides is 1. The molecule has 1 amide bonds. The largest absolute Gasteiger partial charge is 0.447 e. The van der Waals surface area contributed by atoms with Crippen LogP contribution in [-0.2, 0) is 4.74 Å². The molecule has 1 saturated heterocycles. The number of aliphatic imine (C=N–C) groups is 1. The first-order valence-corrected chi connectivity index (χ1v) is 16.6. The van der Waals surface area contributed by atoms with Crippen molar-refractivity contribution in [2.45, 2.75) is 78.9 Å². The van der Waals surface area contributed by atoms with Gasteiger partial charge in [-0.15, -0.1) is 0 Å². The number of piperidine rings is 1. The highest BCUT2D eigenvalue weighted by Gasteiger charge is 2.27. The van der Waals surface area contributed by atoms with E-state index in [0.717, 1.165) is 41.9 Å². The molecule has 0 spiro atoms. The molecule has 2 aliphatic carbocycles. The van der Waals surface area contributed by atoms with E-state index in [1.165, 1.54) is 29.6 Å². The van der Waals surface area contributed by atoms with E-state index in [1.54, 1.807) is 17.4 Å². The number of ether oxygens (including phenoxy) is 1. The number of nitrogens with zero attached hydrogens (tertiary/aromatic N) is 3. The average Bonchev–Trinajstić information content (AvgIpc) is 3.83. The van der Waals surface area contributed by atoms with Crippen molar-refractivity contribution in [3.8, 4) is 0 Å². The van der Waals surface area contributed by atoms with Gasteiger partial charge in [0.2, 0.25) is 0 Å². The smallest absolute Gasteiger partial charge is 0.410 e. The molecular weight excluding hydrogens is 582 g/mol. The molecule has 1 aliphatic heterocycles. The minimum Gasteiger partial charge on any atom is -0.447 e. The van der Waals surface area contributed by atoms with Crippen LogP contribution in [-0.4, -0.2) is 75.7 Å². The van der Waals surface area contributed by atoms with Crippen LogP contribution in [0.3, 0.4) is 0 Å². The monoisotopic (exact) mass is 639 g/mol. The third-order valence-electron chi connectivity index (χ3n) is 7.15. The zero-order valence-corrected chi connectivity index (χ0v) is 30.0. The summed E-state index contributed by atoms with van der Waals surface area (Å²) in [5, 5.41) is 6.79. The van der Waals surface area contributed by atoms with Crippen molar-refractivity contribution in [3.63, 3.8) is 0 Å². The summed E-state index contributed by atoms with van der Waals surface area (Å²) in [5.74, 6) is 1.08. The summed E-state index contributed by atoms with van der Waals surface area (Å²) in [7, 11) is 7.63. The van der Waals surface area contributed by atoms with Gasteiger partial charge in [-0.2, -0.15) is 0 Å². The fraction of sp³-hybridized carbons (Fsp3) is 0.514. The Morgan fingerprint density at radius 1 is 1.16 bits per heavy atom. The fourth-order valence-electron chi connectivity index (χ4n) is 4.63. The van der Waals surface area contributed by atoms with Crippen LogP contribution >= 0.6 is 11.6 Å². The number of allylic oxidation sites excluding steroid dienone is 3. The molecular formula is C37H58ClN5O2. The second kappa shape index (κ2) is 21.4. The highest BCUT2D eigenvalue weighted by Crippen LogP contribution is 2.41. The molecule has 1 saturated carbocycles. The van der Waals surface area contributed by atoms with Gasteiger partial charge in [-0.1, -0.05) is 81.7 Å². The molecule has 2 fully saturated rings. The van der Waals surface area contributed by atoms with Crippen LogP contribution in [0.25, 0.3) is 11.1 Å². The van der Waals surface area contributed by atoms with Gasteiger partial charge >= 0.3 is 6.09 Å². The van der Waals surface area contributed by atoms with Gasteiger partial charge in [0.15, 0.2) is 0 Å². The summed E-state index contributed by atoms with van der Waals surface area (Å²) < 4.78 is 5.39. The van der Waals surface area contributed by atoms with E-state index < -0.39 is 0 Å². The lowest BCUT2D eigenvalue weighted by Crippen LogP contribution is -2.38. The Balaban J connectivity index is 0.000000876. The molecule has 1 heterocycles. The number of rotatable bonds is 7. The predicted molar refractivity (Wildman–Crippen MR) is 196 cm³/mol. The number of fused-ring (bicyclic) bond motifs is 1. The first kappa shape index (κ1) is 39.7. The predicted octanol–water partition coefficient (Wildman–Crippen LogP) is 8.56. The number of benzene rings is 1. The van der Waals surface area contributed by atoms with E-state index in [4.69, 9.17) is 16.3 Å². The molecule has 250 valence electrons. The maximum atomic E-state index is 12.4. The van der Waals surface area contributed by atoms with Crippen LogP contribution < -0.4 is 10.6 Å². The maximum Gasteiger partial charge on any atom is 0.410 e. The summed E-state index contributed by atoms with van der Waals surface area (Å²) in [5.41, 5.74) is 7.08. The first-order valence-electron chi connectivity index (χ1n) is 16.2. The average molecular weight is 640 g/mol. The molecule has 0 radical (unpaired) electrons. The Labute approximate surface area is 278 Å². The van der Waals surface area contributed by atoms with Gasteiger partial charge in [-0.25, -0.2) is 9.79 Å². The number of carbonyl (C=O) groups excluding carboxylic acids is 1. The van der Waals surface area contributed by atoms with Gasteiger partial charge in [0.05, 0.1) is 18.5 Å². The number of nitrogens with one attached hydrogen (secondary N) is 2. The first-order chi connectivity index (χ1) is 21.5. The molecule has 0 bridgehead atoms. The molecule has 1 aromatic rings. The van der Waals surface area contributed by atoms with E-state index in [2.05, 4.69) is 47.8 Å². The molecule has 1 unspecified atom stereocenters. The molecule has 45 heavy (non-hydrogen) atoms. The quantitative estimate of drug-likeness (QED) is 0.231.